The van der Waals surface area contributed by atoms with Gasteiger partial charge in [-0.15, -0.1) is 0 Å². The highest BCUT2D eigenvalue weighted by Crippen LogP contribution is 2.30. The molecule has 0 spiro atoms. The first-order valence-electron chi connectivity index (χ1n) is 6.96. The predicted octanol–water partition coefficient (Wildman–Crippen LogP) is 3.15. The molecule has 0 radical (unpaired) electrons. The van der Waals surface area contributed by atoms with Crippen molar-refractivity contribution in [1.82, 2.24) is 4.90 Å². The first kappa shape index (κ1) is 14.4. The van der Waals surface area contributed by atoms with E-state index < -0.39 is 0 Å². The number of aryl methyl sites for hydroxylation is 1. The fraction of sp³-hybridized carbons (Fsp3) is 0.600. The highest BCUT2D eigenvalue weighted by atomic mass is 19.1. The van der Waals surface area contributed by atoms with Crippen molar-refractivity contribution < 1.29 is 8.78 Å². The Bertz CT molecular complexity index is 448. The molecule has 0 aromatic heterocycles. The molecule has 1 aromatic carbocycles. The van der Waals surface area contributed by atoms with Gasteiger partial charge < -0.3 is 5.73 Å². The van der Waals surface area contributed by atoms with E-state index in [1.54, 1.807) is 6.92 Å². The number of nitrogens with two attached hydrogens (primary N) is 1. The van der Waals surface area contributed by atoms with E-state index >= 15 is 0 Å². The summed E-state index contributed by atoms with van der Waals surface area (Å²) in [7, 11) is 0. The van der Waals surface area contributed by atoms with Gasteiger partial charge >= 0.3 is 0 Å². The van der Waals surface area contributed by atoms with Crippen molar-refractivity contribution in [1.29, 1.82) is 0 Å². The van der Waals surface area contributed by atoms with Gasteiger partial charge in [-0.25, -0.2) is 8.78 Å². The van der Waals surface area contributed by atoms with Crippen LogP contribution in [0.5, 0.6) is 0 Å². The third-order valence-corrected chi connectivity index (χ3v) is 4.17. The van der Waals surface area contributed by atoms with Crippen molar-refractivity contribution in [2.75, 3.05) is 13.1 Å². The summed E-state index contributed by atoms with van der Waals surface area (Å²) in [5.74, 6) is -0.669. The molecule has 0 saturated carbocycles. The van der Waals surface area contributed by atoms with E-state index in [-0.39, 0.29) is 23.7 Å². The lowest BCUT2D eigenvalue weighted by Gasteiger charge is -2.39. The Labute approximate surface area is 113 Å². The molecule has 1 aliphatic rings. The van der Waals surface area contributed by atoms with E-state index in [1.165, 1.54) is 12.1 Å². The van der Waals surface area contributed by atoms with Gasteiger partial charge in [-0.3, -0.25) is 4.90 Å². The average molecular weight is 268 g/mol. The number of hydrogen-bond donors (Lipinski definition) is 1. The van der Waals surface area contributed by atoms with Gasteiger partial charge in [0.1, 0.15) is 11.6 Å². The molecular formula is C15H22F2N2. The molecule has 1 heterocycles. The maximum Gasteiger partial charge on any atom is 0.128 e. The van der Waals surface area contributed by atoms with Gasteiger partial charge in [0.05, 0.1) is 0 Å². The number of nitrogens with zero attached hydrogens (tertiary/aromatic N) is 1. The standard InChI is InChI=1S/C15H22F2N2/c1-10-7-15(17)13(8-14(10)16)11(2)19-6-4-3-5-12(19)9-18/h7-8,11-12H,3-6,9,18H2,1-2H3. The normalized spacial score (nSPS) is 22.5. The van der Waals surface area contributed by atoms with Crippen molar-refractivity contribution >= 4 is 0 Å². The number of likely N-dealkylation sites (tertiary alicyclic amines) is 1. The van der Waals surface area contributed by atoms with Gasteiger partial charge in [-0.1, -0.05) is 6.42 Å². The van der Waals surface area contributed by atoms with Crippen LogP contribution in [-0.2, 0) is 0 Å². The van der Waals surface area contributed by atoms with Gasteiger partial charge in [0.2, 0.25) is 0 Å². The molecule has 106 valence electrons. The predicted molar refractivity (Wildman–Crippen MR) is 72.9 cm³/mol. The van der Waals surface area contributed by atoms with Crippen LogP contribution in [-0.4, -0.2) is 24.0 Å². The molecular weight excluding hydrogens is 246 g/mol. The summed E-state index contributed by atoms with van der Waals surface area (Å²) in [6.45, 7) is 4.98. The van der Waals surface area contributed by atoms with Crippen LogP contribution in [0, 0.1) is 18.6 Å². The minimum absolute atomic E-state index is 0.135. The Morgan fingerprint density at radius 1 is 1.32 bits per heavy atom. The Balaban J connectivity index is 2.27. The minimum Gasteiger partial charge on any atom is -0.329 e. The van der Waals surface area contributed by atoms with Crippen molar-refractivity contribution in [2.24, 2.45) is 5.73 Å². The van der Waals surface area contributed by atoms with Crippen molar-refractivity contribution in [2.45, 2.75) is 45.2 Å². The van der Waals surface area contributed by atoms with Crippen LogP contribution in [0.4, 0.5) is 8.78 Å². The molecule has 19 heavy (non-hydrogen) atoms. The Morgan fingerprint density at radius 3 is 2.74 bits per heavy atom. The molecule has 2 atom stereocenters. The SMILES string of the molecule is Cc1cc(F)c(C(C)N2CCCCC2CN)cc1F. The Hall–Kier alpha value is -1.00. The van der Waals surface area contributed by atoms with E-state index in [1.807, 2.05) is 6.92 Å². The molecule has 4 heteroatoms. The zero-order valence-electron chi connectivity index (χ0n) is 11.6. The summed E-state index contributed by atoms with van der Waals surface area (Å²) in [5.41, 5.74) is 6.58. The maximum absolute atomic E-state index is 14.0. The molecule has 1 aromatic rings. The fourth-order valence-corrected chi connectivity index (χ4v) is 2.95. The molecule has 0 aliphatic carbocycles. The zero-order valence-corrected chi connectivity index (χ0v) is 11.6. The first-order chi connectivity index (χ1) is 9.04. The molecule has 2 N–H and O–H groups in total. The van der Waals surface area contributed by atoms with Crippen LogP contribution in [0.25, 0.3) is 0 Å². The third-order valence-electron chi connectivity index (χ3n) is 4.17. The molecule has 2 rings (SSSR count). The molecule has 0 bridgehead atoms. The molecule has 2 unspecified atom stereocenters. The second-order valence-electron chi connectivity index (χ2n) is 5.42. The number of hydrogen-bond acceptors (Lipinski definition) is 2. The molecule has 0 amide bonds. The van der Waals surface area contributed by atoms with Crippen LogP contribution in [0.2, 0.25) is 0 Å². The first-order valence-corrected chi connectivity index (χ1v) is 6.96. The smallest absolute Gasteiger partial charge is 0.128 e. The van der Waals surface area contributed by atoms with Crippen molar-refractivity contribution in [3.8, 4) is 0 Å². The van der Waals surface area contributed by atoms with Crippen LogP contribution >= 0.6 is 0 Å². The minimum atomic E-state index is -0.343. The highest BCUT2D eigenvalue weighted by molar-refractivity contribution is 5.27. The Morgan fingerprint density at radius 2 is 2.05 bits per heavy atom. The fourth-order valence-electron chi connectivity index (χ4n) is 2.95. The molecule has 1 saturated heterocycles. The van der Waals surface area contributed by atoms with E-state index in [0.717, 1.165) is 25.8 Å². The summed E-state index contributed by atoms with van der Waals surface area (Å²) in [6.07, 6.45) is 3.30. The van der Waals surface area contributed by atoms with Crippen LogP contribution < -0.4 is 5.73 Å². The molecule has 2 nitrogen and oxygen atoms in total. The average Bonchev–Trinajstić information content (AvgIpc) is 2.42. The second kappa shape index (κ2) is 5.97. The van der Waals surface area contributed by atoms with E-state index in [0.29, 0.717) is 17.7 Å². The topological polar surface area (TPSA) is 29.3 Å². The van der Waals surface area contributed by atoms with Gasteiger partial charge in [0, 0.05) is 24.2 Å². The number of halogens is 2. The van der Waals surface area contributed by atoms with Gasteiger partial charge in [-0.05, 0) is 50.9 Å². The van der Waals surface area contributed by atoms with Crippen LogP contribution in [0.15, 0.2) is 12.1 Å². The lowest BCUT2D eigenvalue weighted by atomic mass is 9.96. The van der Waals surface area contributed by atoms with Gasteiger partial charge in [0.25, 0.3) is 0 Å². The number of piperidine rings is 1. The van der Waals surface area contributed by atoms with E-state index in [9.17, 15) is 8.78 Å². The third kappa shape index (κ3) is 2.95. The largest absolute Gasteiger partial charge is 0.329 e. The van der Waals surface area contributed by atoms with Gasteiger partial charge in [0.15, 0.2) is 0 Å². The quantitative estimate of drug-likeness (QED) is 0.912. The zero-order chi connectivity index (χ0) is 14.0. The number of rotatable bonds is 3. The summed E-state index contributed by atoms with van der Waals surface area (Å²) in [6, 6.07) is 2.75. The van der Waals surface area contributed by atoms with E-state index in [2.05, 4.69) is 4.90 Å². The summed E-state index contributed by atoms with van der Waals surface area (Å²) in [4.78, 5) is 2.21. The van der Waals surface area contributed by atoms with E-state index in [4.69, 9.17) is 5.73 Å². The maximum atomic E-state index is 14.0. The Kier molecular flexibility index (Phi) is 4.53. The lowest BCUT2D eigenvalue weighted by molar-refractivity contribution is 0.106. The second-order valence-corrected chi connectivity index (χ2v) is 5.42. The van der Waals surface area contributed by atoms with Crippen LogP contribution in [0.3, 0.4) is 0 Å². The highest BCUT2D eigenvalue weighted by Gasteiger charge is 2.28. The summed E-state index contributed by atoms with van der Waals surface area (Å²) < 4.78 is 27.7. The van der Waals surface area contributed by atoms with Crippen molar-refractivity contribution in [3.05, 3.63) is 34.9 Å². The van der Waals surface area contributed by atoms with Crippen molar-refractivity contribution in [3.63, 3.8) is 0 Å². The monoisotopic (exact) mass is 268 g/mol. The van der Waals surface area contributed by atoms with Gasteiger partial charge in [-0.2, -0.15) is 0 Å². The molecule has 1 aliphatic heterocycles. The summed E-state index contributed by atoms with van der Waals surface area (Å²) >= 11 is 0. The van der Waals surface area contributed by atoms with Crippen LogP contribution in [0.1, 0.15) is 43.4 Å². The summed E-state index contributed by atoms with van der Waals surface area (Å²) in [5, 5.41) is 0. The molecule has 1 fully saturated rings. The lowest BCUT2D eigenvalue weighted by Crippen LogP contribution is -2.45. The number of benzene rings is 1.